The standard InChI is InChI=1S/C44H44N4O6/c49-36-14-8-29(9-15-36)7-12-32(31-5-2-1-3-6-31)23-30-10-16-37(17-11-30)54-22-4-21-46-25-33-27-47(28-34(33)26-46)35-13-18-38-39(24-35)44(53)48(43(38)52)40-19-20-41(50)45-42(40)51/h1-3,5-6,8-11,13-18,23-24,33-34,40,49H,4,7,12,19-22,25-28H2,(H,45,50,51)/b32-23-. The first kappa shape index (κ1) is 35.3. The summed E-state index contributed by atoms with van der Waals surface area (Å²) in [5, 5.41) is 11.9. The molecule has 4 aliphatic heterocycles. The molecule has 3 atom stereocenters. The van der Waals surface area contributed by atoms with Crippen molar-refractivity contribution in [3.8, 4) is 11.5 Å². The number of amides is 4. The van der Waals surface area contributed by atoms with Crippen molar-refractivity contribution in [2.24, 2.45) is 11.8 Å². The molecule has 4 aromatic rings. The molecule has 2 N–H and O–H groups in total. The third-order valence-electron chi connectivity index (χ3n) is 11.2. The van der Waals surface area contributed by atoms with E-state index in [1.54, 1.807) is 24.3 Å². The van der Waals surface area contributed by atoms with Crippen LogP contribution in [0.15, 0.2) is 97.1 Å². The summed E-state index contributed by atoms with van der Waals surface area (Å²) in [7, 11) is 0. The number of hydrogen-bond acceptors (Lipinski definition) is 8. The maximum Gasteiger partial charge on any atom is 0.262 e. The van der Waals surface area contributed by atoms with Crippen LogP contribution in [0.1, 0.15) is 63.1 Å². The second-order valence-corrected chi connectivity index (χ2v) is 14.8. The highest BCUT2D eigenvalue weighted by Gasteiger charge is 2.45. The van der Waals surface area contributed by atoms with Crippen LogP contribution < -0.4 is 15.0 Å². The van der Waals surface area contributed by atoms with Gasteiger partial charge in [0.1, 0.15) is 17.5 Å². The number of likely N-dealkylation sites (tertiary alicyclic amines) is 1. The van der Waals surface area contributed by atoms with Crippen LogP contribution in [-0.4, -0.2) is 83.9 Å². The van der Waals surface area contributed by atoms with E-state index in [0.29, 0.717) is 29.6 Å². The second kappa shape index (κ2) is 15.3. The minimum absolute atomic E-state index is 0.101. The molecule has 0 saturated carbocycles. The molecule has 4 aliphatic rings. The molecule has 4 amide bonds. The average Bonchev–Trinajstić information content (AvgIpc) is 3.83. The highest BCUT2D eigenvalue weighted by Crippen LogP contribution is 2.37. The summed E-state index contributed by atoms with van der Waals surface area (Å²) in [5.41, 5.74) is 6.32. The zero-order valence-electron chi connectivity index (χ0n) is 30.2. The smallest absolute Gasteiger partial charge is 0.262 e. The van der Waals surface area contributed by atoms with Crippen LogP contribution in [0.4, 0.5) is 5.69 Å². The highest BCUT2D eigenvalue weighted by atomic mass is 16.5. The molecular weight excluding hydrogens is 681 g/mol. The molecule has 3 saturated heterocycles. The number of allylic oxidation sites excluding steroid dienone is 1. The highest BCUT2D eigenvalue weighted by molar-refractivity contribution is 6.23. The topological polar surface area (TPSA) is 119 Å². The van der Waals surface area contributed by atoms with Gasteiger partial charge in [0, 0.05) is 44.8 Å². The van der Waals surface area contributed by atoms with E-state index < -0.39 is 23.8 Å². The minimum Gasteiger partial charge on any atom is -0.508 e. The number of carbonyl (C=O) groups excluding carboxylic acids is 4. The number of benzene rings is 4. The normalized spacial score (nSPS) is 21.4. The van der Waals surface area contributed by atoms with Gasteiger partial charge in [0.15, 0.2) is 0 Å². The van der Waals surface area contributed by atoms with Crippen LogP contribution in [0.3, 0.4) is 0 Å². The Hall–Kier alpha value is -5.74. The largest absolute Gasteiger partial charge is 0.508 e. The molecule has 10 heteroatoms. The van der Waals surface area contributed by atoms with Crippen molar-refractivity contribution >= 4 is 41.0 Å². The van der Waals surface area contributed by atoms with Crippen molar-refractivity contribution in [3.63, 3.8) is 0 Å². The van der Waals surface area contributed by atoms with Gasteiger partial charge in [0.2, 0.25) is 11.8 Å². The quantitative estimate of drug-likeness (QED) is 0.107. The number of imide groups is 2. The van der Waals surface area contributed by atoms with Crippen molar-refractivity contribution in [1.82, 2.24) is 15.1 Å². The molecule has 3 fully saturated rings. The first-order valence-electron chi connectivity index (χ1n) is 18.9. The van der Waals surface area contributed by atoms with Crippen molar-refractivity contribution < 1.29 is 29.0 Å². The number of nitrogens with zero attached hydrogens (tertiary/aromatic N) is 3. The molecule has 10 nitrogen and oxygen atoms in total. The number of aryl methyl sites for hydroxylation is 1. The van der Waals surface area contributed by atoms with E-state index in [0.717, 1.165) is 73.9 Å². The van der Waals surface area contributed by atoms with Crippen LogP contribution in [0.5, 0.6) is 11.5 Å². The number of phenols is 1. The van der Waals surface area contributed by atoms with Crippen molar-refractivity contribution in [2.75, 3.05) is 44.2 Å². The lowest BCUT2D eigenvalue weighted by Gasteiger charge is -2.27. The summed E-state index contributed by atoms with van der Waals surface area (Å²) in [6.07, 6.45) is 5.19. The summed E-state index contributed by atoms with van der Waals surface area (Å²) in [5.74, 6) is 0.270. The van der Waals surface area contributed by atoms with Gasteiger partial charge in [-0.05, 0) is 102 Å². The summed E-state index contributed by atoms with van der Waals surface area (Å²) in [4.78, 5) is 56.3. The monoisotopic (exact) mass is 724 g/mol. The molecule has 0 aliphatic carbocycles. The molecule has 8 rings (SSSR count). The Morgan fingerprint density at radius 1 is 0.815 bits per heavy atom. The zero-order chi connectivity index (χ0) is 37.2. The van der Waals surface area contributed by atoms with Crippen molar-refractivity contribution in [2.45, 2.75) is 38.1 Å². The first-order valence-corrected chi connectivity index (χ1v) is 18.9. The number of phenolic OH excluding ortho intramolecular Hbond substituents is 1. The zero-order valence-corrected chi connectivity index (χ0v) is 30.2. The van der Waals surface area contributed by atoms with Gasteiger partial charge in [-0.2, -0.15) is 0 Å². The number of hydrogen-bond donors (Lipinski definition) is 2. The molecule has 0 radical (unpaired) electrons. The van der Waals surface area contributed by atoms with E-state index >= 15 is 0 Å². The summed E-state index contributed by atoms with van der Waals surface area (Å²) in [6.45, 7) is 5.43. The van der Waals surface area contributed by atoms with E-state index in [4.69, 9.17) is 4.74 Å². The van der Waals surface area contributed by atoms with Crippen molar-refractivity contribution in [1.29, 1.82) is 0 Å². The lowest BCUT2D eigenvalue weighted by Crippen LogP contribution is -2.54. The van der Waals surface area contributed by atoms with Crippen LogP contribution in [0.25, 0.3) is 11.6 Å². The van der Waals surface area contributed by atoms with Gasteiger partial charge < -0.3 is 19.6 Å². The molecule has 0 bridgehead atoms. The summed E-state index contributed by atoms with van der Waals surface area (Å²) in [6, 6.07) is 30.6. The Morgan fingerprint density at radius 3 is 2.26 bits per heavy atom. The number of fused-ring (bicyclic) bond motifs is 2. The predicted octanol–water partition coefficient (Wildman–Crippen LogP) is 5.80. The van der Waals surface area contributed by atoms with Gasteiger partial charge in [-0.3, -0.25) is 29.4 Å². The molecular formula is C44H44N4O6. The van der Waals surface area contributed by atoms with E-state index in [-0.39, 0.29) is 24.5 Å². The van der Waals surface area contributed by atoms with Crippen LogP contribution >= 0.6 is 0 Å². The Kier molecular flexibility index (Phi) is 10.0. The fourth-order valence-electron chi connectivity index (χ4n) is 8.37. The average molecular weight is 725 g/mol. The van der Waals surface area contributed by atoms with Gasteiger partial charge in [-0.25, -0.2) is 0 Å². The predicted molar refractivity (Wildman–Crippen MR) is 206 cm³/mol. The Balaban J connectivity index is 0.800. The second-order valence-electron chi connectivity index (χ2n) is 14.8. The molecule has 276 valence electrons. The number of nitrogens with one attached hydrogen (secondary N) is 1. The molecule has 0 spiro atoms. The van der Waals surface area contributed by atoms with E-state index in [2.05, 4.69) is 57.6 Å². The van der Waals surface area contributed by atoms with E-state index in [9.17, 15) is 24.3 Å². The SMILES string of the molecule is O=C1CCC(N2C(=O)c3ccc(N4CC5CN(CCCOc6ccc(/C=C(/CCc7ccc(O)cc7)c7ccccc7)cc6)CC5C4)cc3C2=O)C(=O)N1. The number of aromatic hydroxyl groups is 1. The molecule has 0 aromatic heterocycles. The number of carbonyl (C=O) groups is 4. The third-order valence-corrected chi connectivity index (χ3v) is 11.2. The number of ether oxygens (including phenoxy) is 1. The molecule has 54 heavy (non-hydrogen) atoms. The fraction of sp³-hybridized carbons (Fsp3) is 0.318. The number of anilines is 1. The minimum atomic E-state index is -0.961. The summed E-state index contributed by atoms with van der Waals surface area (Å²) < 4.78 is 6.14. The maximum absolute atomic E-state index is 13.3. The van der Waals surface area contributed by atoms with Gasteiger partial charge in [-0.15, -0.1) is 0 Å². The number of rotatable bonds is 12. The van der Waals surface area contributed by atoms with Gasteiger partial charge >= 0.3 is 0 Å². The molecule has 4 heterocycles. The fourth-order valence-corrected chi connectivity index (χ4v) is 8.37. The Labute approximate surface area is 315 Å². The Morgan fingerprint density at radius 2 is 1.54 bits per heavy atom. The van der Waals surface area contributed by atoms with E-state index in [1.165, 1.54) is 16.7 Å². The van der Waals surface area contributed by atoms with Crippen LogP contribution in [0.2, 0.25) is 0 Å². The Bertz CT molecular complexity index is 2070. The van der Waals surface area contributed by atoms with Gasteiger partial charge in [0.05, 0.1) is 17.7 Å². The molecule has 3 unspecified atom stereocenters. The van der Waals surface area contributed by atoms with E-state index in [1.807, 2.05) is 36.4 Å². The first-order chi connectivity index (χ1) is 26.3. The van der Waals surface area contributed by atoms with Crippen LogP contribution in [0, 0.1) is 11.8 Å². The summed E-state index contributed by atoms with van der Waals surface area (Å²) >= 11 is 0. The maximum atomic E-state index is 13.3. The molecule has 4 aromatic carbocycles. The van der Waals surface area contributed by atoms with Gasteiger partial charge in [0.25, 0.3) is 11.8 Å². The lowest BCUT2D eigenvalue weighted by molar-refractivity contribution is -0.136. The lowest BCUT2D eigenvalue weighted by atomic mass is 9.96. The van der Waals surface area contributed by atoms with Gasteiger partial charge in [-0.1, -0.05) is 60.7 Å². The third kappa shape index (κ3) is 7.52. The van der Waals surface area contributed by atoms with Crippen LogP contribution in [-0.2, 0) is 16.0 Å². The number of piperidine rings is 1. The van der Waals surface area contributed by atoms with Crippen molar-refractivity contribution in [3.05, 3.63) is 125 Å².